The molecule has 0 spiro atoms. The predicted molar refractivity (Wildman–Crippen MR) is 124 cm³/mol. The summed E-state index contributed by atoms with van der Waals surface area (Å²) in [6.07, 6.45) is -1.15. The third kappa shape index (κ3) is 5.35. The molecule has 5 rings (SSSR count). The quantitative estimate of drug-likeness (QED) is 0.475. The van der Waals surface area contributed by atoms with Crippen LogP contribution in [0, 0.1) is 5.92 Å². The van der Waals surface area contributed by atoms with Crippen molar-refractivity contribution in [2.75, 3.05) is 6.61 Å². The van der Waals surface area contributed by atoms with Gasteiger partial charge in [-0.2, -0.15) is 0 Å². The van der Waals surface area contributed by atoms with E-state index in [0.717, 1.165) is 16.7 Å². The Morgan fingerprint density at radius 1 is 0.545 bits per heavy atom. The fourth-order valence-electron chi connectivity index (χ4n) is 4.66. The second-order valence-electron chi connectivity index (χ2n) is 8.70. The van der Waals surface area contributed by atoms with Crippen molar-refractivity contribution in [3.05, 3.63) is 108 Å². The number of ether oxygens (including phenoxy) is 4. The Kier molecular flexibility index (Phi) is 7.15. The van der Waals surface area contributed by atoms with Gasteiger partial charge in [0.15, 0.2) is 0 Å². The standard InChI is InChI=1S/C28H30O5/c29-16-23-24(30-17-20-10-4-1-5-11-20)26(31-18-21-12-6-2-7-13-21)27(28-25(23)33-28)32-19-22-14-8-3-9-15-22/h1-15,23-29H,16-19H2/t23-,24-,25-,26+,27-,28-/m1/s1. The maximum absolute atomic E-state index is 10.2. The van der Waals surface area contributed by atoms with Gasteiger partial charge in [0.2, 0.25) is 0 Å². The van der Waals surface area contributed by atoms with Crippen LogP contribution >= 0.6 is 0 Å². The van der Waals surface area contributed by atoms with Crippen molar-refractivity contribution in [1.29, 1.82) is 0 Å². The lowest BCUT2D eigenvalue weighted by molar-refractivity contribution is -0.182. The van der Waals surface area contributed by atoms with E-state index in [2.05, 4.69) is 0 Å². The molecule has 1 saturated carbocycles. The molecule has 1 heterocycles. The van der Waals surface area contributed by atoms with Gasteiger partial charge in [-0.15, -0.1) is 0 Å². The van der Waals surface area contributed by atoms with Crippen molar-refractivity contribution in [1.82, 2.24) is 0 Å². The van der Waals surface area contributed by atoms with Crippen LogP contribution in [-0.2, 0) is 38.8 Å². The normalized spacial score (nSPS) is 28.3. The van der Waals surface area contributed by atoms with Crippen LogP contribution in [0.3, 0.4) is 0 Å². The zero-order valence-corrected chi connectivity index (χ0v) is 18.5. The highest BCUT2D eigenvalue weighted by molar-refractivity contribution is 5.17. The average molecular weight is 447 g/mol. The molecule has 1 saturated heterocycles. The van der Waals surface area contributed by atoms with Crippen LogP contribution in [0.25, 0.3) is 0 Å². The summed E-state index contributed by atoms with van der Waals surface area (Å²) in [5.41, 5.74) is 3.26. The molecule has 0 aromatic heterocycles. The van der Waals surface area contributed by atoms with Crippen molar-refractivity contribution < 1.29 is 24.1 Å². The Morgan fingerprint density at radius 2 is 0.970 bits per heavy atom. The molecule has 3 aromatic carbocycles. The van der Waals surface area contributed by atoms with E-state index in [-0.39, 0.29) is 43.0 Å². The van der Waals surface area contributed by atoms with Crippen LogP contribution in [0.15, 0.2) is 91.0 Å². The highest BCUT2D eigenvalue weighted by Crippen LogP contribution is 2.45. The number of rotatable bonds is 10. The summed E-state index contributed by atoms with van der Waals surface area (Å²) in [5, 5.41) is 10.2. The Hall–Kier alpha value is -2.54. The molecule has 2 aliphatic rings. The van der Waals surface area contributed by atoms with Crippen molar-refractivity contribution in [2.24, 2.45) is 5.92 Å². The van der Waals surface area contributed by atoms with Crippen molar-refractivity contribution in [3.8, 4) is 0 Å². The van der Waals surface area contributed by atoms with E-state index in [0.29, 0.717) is 19.8 Å². The van der Waals surface area contributed by atoms with E-state index in [1.807, 2.05) is 91.0 Å². The van der Waals surface area contributed by atoms with Crippen molar-refractivity contribution in [2.45, 2.75) is 50.3 Å². The molecule has 1 aliphatic heterocycles. The summed E-state index contributed by atoms with van der Waals surface area (Å²) in [5.74, 6) is -0.156. The first-order chi connectivity index (χ1) is 16.3. The van der Waals surface area contributed by atoms with E-state index >= 15 is 0 Å². The maximum atomic E-state index is 10.2. The van der Waals surface area contributed by atoms with Gasteiger partial charge < -0.3 is 24.1 Å². The zero-order valence-electron chi connectivity index (χ0n) is 18.5. The summed E-state index contributed by atoms with van der Waals surface area (Å²) in [4.78, 5) is 0. The zero-order chi connectivity index (χ0) is 22.5. The highest BCUT2D eigenvalue weighted by Gasteiger charge is 2.62. The second-order valence-corrected chi connectivity index (χ2v) is 8.70. The van der Waals surface area contributed by atoms with E-state index in [1.54, 1.807) is 0 Å². The Balaban J connectivity index is 1.35. The number of hydrogen-bond donors (Lipinski definition) is 1. The van der Waals surface area contributed by atoms with Gasteiger partial charge in [0.1, 0.15) is 18.3 Å². The van der Waals surface area contributed by atoms with E-state index < -0.39 is 0 Å². The number of aliphatic hydroxyl groups is 1. The molecule has 2 fully saturated rings. The number of fused-ring (bicyclic) bond motifs is 1. The first-order valence-corrected chi connectivity index (χ1v) is 11.6. The third-order valence-corrected chi connectivity index (χ3v) is 6.44. The SMILES string of the molecule is OC[C@@H]1[C@@H](OCc2ccccc2)[C@H](OCc2ccccc2)[C@@H](OCc2ccccc2)[C@@H]2O[C@H]12. The number of hydrogen-bond acceptors (Lipinski definition) is 5. The topological polar surface area (TPSA) is 60.5 Å². The first kappa shape index (κ1) is 22.3. The fraction of sp³-hybridized carbons (Fsp3) is 0.357. The van der Waals surface area contributed by atoms with E-state index in [9.17, 15) is 5.11 Å². The van der Waals surface area contributed by atoms with E-state index in [4.69, 9.17) is 18.9 Å². The van der Waals surface area contributed by atoms with Crippen molar-refractivity contribution in [3.63, 3.8) is 0 Å². The summed E-state index contributed by atoms with van der Waals surface area (Å²) in [6.45, 7) is 1.34. The Bertz CT molecular complexity index is 981. The minimum Gasteiger partial charge on any atom is -0.396 e. The summed E-state index contributed by atoms with van der Waals surface area (Å²) in [7, 11) is 0. The average Bonchev–Trinajstić information content (AvgIpc) is 3.67. The second kappa shape index (κ2) is 10.6. The minimum absolute atomic E-state index is 0.0166. The molecule has 0 amide bonds. The van der Waals surface area contributed by atoms with Crippen LogP contribution in [0.5, 0.6) is 0 Å². The smallest absolute Gasteiger partial charge is 0.115 e. The van der Waals surface area contributed by atoms with Gasteiger partial charge >= 0.3 is 0 Å². The molecule has 0 radical (unpaired) electrons. The Labute approximate surface area is 194 Å². The van der Waals surface area contributed by atoms with Crippen molar-refractivity contribution >= 4 is 0 Å². The van der Waals surface area contributed by atoms with Crippen LogP contribution < -0.4 is 0 Å². The van der Waals surface area contributed by atoms with Gasteiger partial charge in [-0.1, -0.05) is 91.0 Å². The molecule has 33 heavy (non-hydrogen) atoms. The monoisotopic (exact) mass is 446 g/mol. The molecule has 5 nitrogen and oxygen atoms in total. The van der Waals surface area contributed by atoms with Crippen LogP contribution in [0.4, 0.5) is 0 Å². The lowest BCUT2D eigenvalue weighted by Crippen LogP contribution is -2.55. The fourth-order valence-corrected chi connectivity index (χ4v) is 4.66. The van der Waals surface area contributed by atoms with Gasteiger partial charge in [0.05, 0.1) is 38.6 Å². The largest absolute Gasteiger partial charge is 0.396 e. The minimum atomic E-state index is -0.362. The molecule has 3 aromatic rings. The van der Waals surface area contributed by atoms with Gasteiger partial charge in [0.25, 0.3) is 0 Å². The predicted octanol–water partition coefficient (Wildman–Crippen LogP) is 4.13. The van der Waals surface area contributed by atoms with Gasteiger partial charge in [0, 0.05) is 5.92 Å². The lowest BCUT2D eigenvalue weighted by Gasteiger charge is -2.39. The molecular weight excluding hydrogens is 416 g/mol. The number of aliphatic hydroxyl groups excluding tert-OH is 1. The summed E-state index contributed by atoms with van der Waals surface area (Å²) >= 11 is 0. The maximum Gasteiger partial charge on any atom is 0.115 e. The van der Waals surface area contributed by atoms with Gasteiger partial charge in [-0.05, 0) is 16.7 Å². The first-order valence-electron chi connectivity index (χ1n) is 11.6. The van der Waals surface area contributed by atoms with Gasteiger partial charge in [-0.25, -0.2) is 0 Å². The third-order valence-electron chi connectivity index (χ3n) is 6.44. The molecule has 0 bridgehead atoms. The van der Waals surface area contributed by atoms with Crippen LogP contribution in [0.2, 0.25) is 0 Å². The summed E-state index contributed by atoms with van der Waals surface area (Å²) < 4.78 is 25.3. The van der Waals surface area contributed by atoms with Crippen LogP contribution in [-0.4, -0.2) is 42.2 Å². The molecule has 6 atom stereocenters. The lowest BCUT2D eigenvalue weighted by atomic mass is 9.82. The number of epoxide rings is 1. The Morgan fingerprint density at radius 3 is 1.42 bits per heavy atom. The molecule has 1 N–H and O–H groups in total. The summed E-state index contributed by atoms with van der Waals surface area (Å²) in [6, 6.07) is 30.3. The molecule has 1 aliphatic carbocycles. The van der Waals surface area contributed by atoms with Gasteiger partial charge in [-0.3, -0.25) is 0 Å². The highest BCUT2D eigenvalue weighted by atomic mass is 16.6. The molecule has 0 unspecified atom stereocenters. The number of benzene rings is 3. The molecular formula is C28H30O5. The molecule has 172 valence electrons. The van der Waals surface area contributed by atoms with Crippen LogP contribution in [0.1, 0.15) is 16.7 Å². The van der Waals surface area contributed by atoms with E-state index in [1.165, 1.54) is 0 Å². The molecule has 5 heteroatoms.